The fourth-order valence-corrected chi connectivity index (χ4v) is 2.73. The van der Waals surface area contributed by atoms with E-state index in [0.717, 1.165) is 24.8 Å². The fraction of sp³-hybridized carbons (Fsp3) is 0.600. The molecule has 0 bridgehead atoms. The molecule has 1 unspecified atom stereocenters. The van der Waals surface area contributed by atoms with Crippen molar-refractivity contribution in [3.05, 3.63) is 29.8 Å². The molecule has 2 rings (SSSR count). The lowest BCUT2D eigenvalue weighted by Gasteiger charge is -2.22. The Kier molecular flexibility index (Phi) is 4.43. The molecule has 1 aromatic rings. The van der Waals surface area contributed by atoms with Crippen molar-refractivity contribution in [2.45, 2.75) is 32.6 Å². The van der Waals surface area contributed by atoms with E-state index in [2.05, 4.69) is 19.1 Å². The van der Waals surface area contributed by atoms with Crippen molar-refractivity contribution in [2.24, 2.45) is 17.6 Å². The first-order valence-electron chi connectivity index (χ1n) is 6.69. The Balaban J connectivity index is 1.87. The molecule has 1 saturated carbocycles. The maximum absolute atomic E-state index is 5.87. The van der Waals surface area contributed by atoms with Crippen LogP contribution in [0.2, 0.25) is 0 Å². The highest BCUT2D eigenvalue weighted by atomic mass is 16.5. The van der Waals surface area contributed by atoms with Gasteiger partial charge in [0.15, 0.2) is 0 Å². The first-order chi connectivity index (χ1) is 8.29. The van der Waals surface area contributed by atoms with Crippen molar-refractivity contribution in [3.8, 4) is 5.75 Å². The predicted molar refractivity (Wildman–Crippen MR) is 71.2 cm³/mol. The van der Waals surface area contributed by atoms with Crippen molar-refractivity contribution >= 4 is 0 Å². The first-order valence-corrected chi connectivity index (χ1v) is 6.69. The van der Waals surface area contributed by atoms with Gasteiger partial charge in [-0.3, -0.25) is 0 Å². The van der Waals surface area contributed by atoms with Gasteiger partial charge in [0.1, 0.15) is 5.75 Å². The Morgan fingerprint density at radius 3 is 2.76 bits per heavy atom. The Hall–Kier alpha value is -1.02. The predicted octanol–water partition coefficient (Wildman–Crippen LogP) is 3.14. The van der Waals surface area contributed by atoms with Crippen molar-refractivity contribution in [1.82, 2.24) is 0 Å². The molecule has 17 heavy (non-hydrogen) atoms. The smallest absolute Gasteiger partial charge is 0.119 e. The summed E-state index contributed by atoms with van der Waals surface area (Å²) in [5.41, 5.74) is 7.11. The maximum atomic E-state index is 5.87. The second-order valence-corrected chi connectivity index (χ2v) is 5.17. The van der Waals surface area contributed by atoms with Crippen LogP contribution in [0.25, 0.3) is 0 Å². The van der Waals surface area contributed by atoms with Gasteiger partial charge in [-0.15, -0.1) is 0 Å². The minimum absolute atomic E-state index is 0.526. The van der Waals surface area contributed by atoms with E-state index in [1.807, 2.05) is 12.1 Å². The highest BCUT2D eigenvalue weighted by molar-refractivity contribution is 5.27. The van der Waals surface area contributed by atoms with E-state index in [0.29, 0.717) is 5.92 Å². The molecule has 1 aromatic carbocycles. The monoisotopic (exact) mass is 233 g/mol. The maximum Gasteiger partial charge on any atom is 0.119 e. The quantitative estimate of drug-likeness (QED) is 0.848. The molecule has 2 N–H and O–H groups in total. The zero-order chi connectivity index (χ0) is 12.1. The normalized spacial score (nSPS) is 18.2. The van der Waals surface area contributed by atoms with Gasteiger partial charge in [0.25, 0.3) is 0 Å². The molecule has 0 heterocycles. The number of benzene rings is 1. The zero-order valence-electron chi connectivity index (χ0n) is 10.7. The SMILES string of the molecule is Cc1cccc(OCC(CN)C2CCCC2)c1. The van der Waals surface area contributed by atoms with Crippen LogP contribution in [-0.4, -0.2) is 13.2 Å². The lowest BCUT2D eigenvalue weighted by atomic mass is 9.92. The van der Waals surface area contributed by atoms with Gasteiger partial charge >= 0.3 is 0 Å². The fourth-order valence-electron chi connectivity index (χ4n) is 2.73. The first kappa shape index (κ1) is 12.4. The number of rotatable bonds is 5. The molecule has 1 fully saturated rings. The van der Waals surface area contributed by atoms with Crippen LogP contribution in [-0.2, 0) is 0 Å². The summed E-state index contributed by atoms with van der Waals surface area (Å²) in [6, 6.07) is 8.24. The molecule has 0 saturated heterocycles. The van der Waals surface area contributed by atoms with E-state index in [1.165, 1.54) is 31.2 Å². The molecule has 94 valence electrons. The largest absolute Gasteiger partial charge is 0.493 e. The molecule has 1 aliphatic carbocycles. The zero-order valence-corrected chi connectivity index (χ0v) is 10.7. The van der Waals surface area contributed by atoms with Gasteiger partial charge in [-0.25, -0.2) is 0 Å². The van der Waals surface area contributed by atoms with Crippen LogP contribution >= 0.6 is 0 Å². The van der Waals surface area contributed by atoms with Crippen molar-refractivity contribution in [1.29, 1.82) is 0 Å². The van der Waals surface area contributed by atoms with Crippen LogP contribution in [0.5, 0.6) is 5.75 Å². The van der Waals surface area contributed by atoms with Crippen LogP contribution < -0.4 is 10.5 Å². The third-order valence-corrected chi connectivity index (χ3v) is 3.82. The second-order valence-electron chi connectivity index (χ2n) is 5.17. The van der Waals surface area contributed by atoms with Crippen molar-refractivity contribution < 1.29 is 4.74 Å². The molecule has 0 radical (unpaired) electrons. The molecule has 1 atom stereocenters. The summed E-state index contributed by atoms with van der Waals surface area (Å²) in [7, 11) is 0. The van der Waals surface area contributed by atoms with Gasteiger partial charge in [0, 0.05) is 5.92 Å². The number of aryl methyl sites for hydroxylation is 1. The third kappa shape index (κ3) is 3.47. The Labute approximate surface area is 104 Å². The molecule has 0 aliphatic heterocycles. The summed E-state index contributed by atoms with van der Waals surface area (Å²) in [6.07, 6.45) is 5.40. The van der Waals surface area contributed by atoms with E-state index in [-0.39, 0.29) is 0 Å². The van der Waals surface area contributed by atoms with Gasteiger partial charge in [-0.2, -0.15) is 0 Å². The molecule has 0 amide bonds. The van der Waals surface area contributed by atoms with Crippen LogP contribution in [0.15, 0.2) is 24.3 Å². The Morgan fingerprint density at radius 2 is 2.12 bits per heavy atom. The lowest BCUT2D eigenvalue weighted by molar-refractivity contribution is 0.200. The average molecular weight is 233 g/mol. The number of hydrogen-bond acceptors (Lipinski definition) is 2. The minimum atomic E-state index is 0.526. The minimum Gasteiger partial charge on any atom is -0.493 e. The van der Waals surface area contributed by atoms with Crippen LogP contribution in [0.3, 0.4) is 0 Å². The van der Waals surface area contributed by atoms with E-state index < -0.39 is 0 Å². The number of nitrogens with two attached hydrogens (primary N) is 1. The van der Waals surface area contributed by atoms with E-state index in [9.17, 15) is 0 Å². The van der Waals surface area contributed by atoms with Crippen LogP contribution in [0, 0.1) is 18.8 Å². The number of ether oxygens (including phenoxy) is 1. The van der Waals surface area contributed by atoms with E-state index >= 15 is 0 Å². The van der Waals surface area contributed by atoms with Gasteiger partial charge in [0.05, 0.1) is 6.61 Å². The van der Waals surface area contributed by atoms with Crippen molar-refractivity contribution in [2.75, 3.05) is 13.2 Å². The Morgan fingerprint density at radius 1 is 1.35 bits per heavy atom. The summed E-state index contributed by atoms with van der Waals surface area (Å²) >= 11 is 0. The summed E-state index contributed by atoms with van der Waals surface area (Å²) in [4.78, 5) is 0. The molecular weight excluding hydrogens is 210 g/mol. The summed E-state index contributed by atoms with van der Waals surface area (Å²) in [5.74, 6) is 2.28. The van der Waals surface area contributed by atoms with E-state index in [4.69, 9.17) is 10.5 Å². The molecule has 0 spiro atoms. The molecule has 2 nitrogen and oxygen atoms in total. The van der Waals surface area contributed by atoms with Gasteiger partial charge in [0.2, 0.25) is 0 Å². The highest BCUT2D eigenvalue weighted by Crippen LogP contribution is 2.31. The molecule has 0 aromatic heterocycles. The molecular formula is C15H23NO. The number of hydrogen-bond donors (Lipinski definition) is 1. The van der Waals surface area contributed by atoms with Gasteiger partial charge in [-0.1, -0.05) is 37.8 Å². The summed E-state index contributed by atoms with van der Waals surface area (Å²) in [5, 5.41) is 0. The second kappa shape index (κ2) is 6.06. The third-order valence-electron chi connectivity index (χ3n) is 3.82. The van der Waals surface area contributed by atoms with Crippen molar-refractivity contribution in [3.63, 3.8) is 0 Å². The molecule has 2 heteroatoms. The lowest BCUT2D eigenvalue weighted by Crippen LogP contribution is -2.27. The van der Waals surface area contributed by atoms with Gasteiger partial charge < -0.3 is 10.5 Å². The topological polar surface area (TPSA) is 35.2 Å². The average Bonchev–Trinajstić information content (AvgIpc) is 2.84. The summed E-state index contributed by atoms with van der Waals surface area (Å²) in [6.45, 7) is 3.60. The van der Waals surface area contributed by atoms with Gasteiger partial charge in [-0.05, 0) is 37.1 Å². The Bertz CT molecular complexity index is 345. The standard InChI is InChI=1S/C15H23NO/c1-12-5-4-8-15(9-12)17-11-14(10-16)13-6-2-3-7-13/h4-5,8-9,13-14H,2-3,6-7,10-11,16H2,1H3. The van der Waals surface area contributed by atoms with Crippen LogP contribution in [0.4, 0.5) is 0 Å². The van der Waals surface area contributed by atoms with E-state index in [1.54, 1.807) is 0 Å². The highest BCUT2D eigenvalue weighted by Gasteiger charge is 2.24. The van der Waals surface area contributed by atoms with Crippen LogP contribution in [0.1, 0.15) is 31.2 Å². The summed E-state index contributed by atoms with van der Waals surface area (Å²) < 4.78 is 5.87. The molecule has 1 aliphatic rings.